The summed E-state index contributed by atoms with van der Waals surface area (Å²) in [4.78, 5) is 4.18. The van der Waals surface area contributed by atoms with E-state index in [1.165, 1.54) is 0 Å². The summed E-state index contributed by atoms with van der Waals surface area (Å²) < 4.78 is 5.47. The topological polar surface area (TPSA) is 42.4 Å². The number of rotatable bonds is 5. The maximum atomic E-state index is 9.07. The second-order valence-electron chi connectivity index (χ2n) is 3.21. The zero-order chi connectivity index (χ0) is 11.1. The van der Waals surface area contributed by atoms with Gasteiger partial charge in [-0.1, -0.05) is 0 Å². The minimum atomic E-state index is -0.105. The molecule has 0 unspecified atom stereocenters. The molecular weight excluding hydrogens is 190 g/mol. The van der Waals surface area contributed by atoms with Gasteiger partial charge in [-0.2, -0.15) is 0 Å². The highest BCUT2D eigenvalue weighted by atomic mass is 16.5. The molecule has 0 spiro atoms. The summed E-state index contributed by atoms with van der Waals surface area (Å²) in [6, 6.07) is 3.68. The quantitative estimate of drug-likeness (QED) is 0.587. The van der Waals surface area contributed by atoms with Gasteiger partial charge in [0.15, 0.2) is 0 Å². The predicted molar refractivity (Wildman–Crippen MR) is 58.5 cm³/mol. The highest BCUT2D eigenvalue weighted by Gasteiger charge is 2.03. The lowest BCUT2D eigenvalue weighted by molar-refractivity contribution is 0.256. The van der Waals surface area contributed by atoms with Crippen LogP contribution in [0.15, 0.2) is 12.1 Å². The standard InChI is InChI=1S/C12H15NO2/c1-3-4-5-8-15-12-7-6-10(2)13-11(12)9-14/h1,6-7,14H,4-5,8-9H2,2H3. The van der Waals surface area contributed by atoms with Crippen LogP contribution in [0.4, 0.5) is 0 Å². The smallest absolute Gasteiger partial charge is 0.143 e. The fraction of sp³-hybridized carbons (Fsp3) is 0.417. The van der Waals surface area contributed by atoms with Gasteiger partial charge in [-0.15, -0.1) is 12.3 Å². The Bertz CT molecular complexity index is 355. The fourth-order valence-corrected chi connectivity index (χ4v) is 1.20. The van der Waals surface area contributed by atoms with E-state index >= 15 is 0 Å². The van der Waals surface area contributed by atoms with Crippen LogP contribution in [0.5, 0.6) is 5.75 Å². The second kappa shape index (κ2) is 6.05. The summed E-state index contributed by atoms with van der Waals surface area (Å²) in [5.41, 5.74) is 1.45. The molecule has 3 heteroatoms. The van der Waals surface area contributed by atoms with Gasteiger partial charge in [0.2, 0.25) is 0 Å². The zero-order valence-electron chi connectivity index (χ0n) is 8.86. The Morgan fingerprint density at radius 3 is 3.00 bits per heavy atom. The molecule has 0 aromatic carbocycles. The molecule has 0 radical (unpaired) electrons. The lowest BCUT2D eigenvalue weighted by Gasteiger charge is -2.09. The molecule has 15 heavy (non-hydrogen) atoms. The summed E-state index contributed by atoms with van der Waals surface area (Å²) in [7, 11) is 0. The number of unbranched alkanes of at least 4 members (excludes halogenated alkanes) is 1. The number of aromatic nitrogens is 1. The molecule has 1 aromatic rings. The van der Waals surface area contributed by atoms with Crippen molar-refractivity contribution in [1.82, 2.24) is 4.98 Å². The van der Waals surface area contributed by atoms with Crippen molar-refractivity contribution in [1.29, 1.82) is 0 Å². The van der Waals surface area contributed by atoms with Gasteiger partial charge in [0, 0.05) is 12.1 Å². The van der Waals surface area contributed by atoms with Crippen LogP contribution < -0.4 is 4.74 Å². The molecule has 0 amide bonds. The molecule has 1 heterocycles. The number of aryl methyl sites for hydroxylation is 1. The molecule has 0 aliphatic heterocycles. The van der Waals surface area contributed by atoms with E-state index in [4.69, 9.17) is 16.3 Å². The largest absolute Gasteiger partial charge is 0.492 e. The molecule has 0 aliphatic carbocycles. The maximum Gasteiger partial charge on any atom is 0.143 e. The number of hydrogen-bond acceptors (Lipinski definition) is 3. The van der Waals surface area contributed by atoms with Gasteiger partial charge < -0.3 is 9.84 Å². The first-order valence-corrected chi connectivity index (χ1v) is 4.91. The molecule has 0 fully saturated rings. The van der Waals surface area contributed by atoms with Gasteiger partial charge >= 0.3 is 0 Å². The van der Waals surface area contributed by atoms with Crippen molar-refractivity contribution < 1.29 is 9.84 Å². The number of aliphatic hydroxyl groups excluding tert-OH is 1. The van der Waals surface area contributed by atoms with Crippen LogP contribution in [0.3, 0.4) is 0 Å². The van der Waals surface area contributed by atoms with E-state index in [0.29, 0.717) is 24.5 Å². The molecular formula is C12H15NO2. The molecule has 0 aliphatic rings. The summed E-state index contributed by atoms with van der Waals surface area (Å²) in [6.45, 7) is 2.33. The third kappa shape index (κ3) is 3.61. The van der Waals surface area contributed by atoms with Crippen molar-refractivity contribution in [3.05, 3.63) is 23.5 Å². The number of nitrogens with zero attached hydrogens (tertiary/aromatic N) is 1. The first-order valence-electron chi connectivity index (χ1n) is 4.91. The number of terminal acetylenes is 1. The minimum absolute atomic E-state index is 0.105. The Hall–Kier alpha value is -1.53. The number of pyridine rings is 1. The fourth-order valence-electron chi connectivity index (χ4n) is 1.20. The maximum absolute atomic E-state index is 9.07. The van der Waals surface area contributed by atoms with E-state index in [1.54, 1.807) is 0 Å². The van der Waals surface area contributed by atoms with Crippen LogP contribution in [-0.2, 0) is 6.61 Å². The van der Waals surface area contributed by atoms with Gasteiger partial charge in [-0.05, 0) is 25.5 Å². The summed E-state index contributed by atoms with van der Waals surface area (Å²) in [5.74, 6) is 3.19. The minimum Gasteiger partial charge on any atom is -0.492 e. The van der Waals surface area contributed by atoms with Gasteiger partial charge in [-0.3, -0.25) is 4.98 Å². The molecule has 0 bridgehead atoms. The summed E-state index contributed by atoms with van der Waals surface area (Å²) >= 11 is 0. The molecule has 3 nitrogen and oxygen atoms in total. The van der Waals surface area contributed by atoms with Gasteiger partial charge in [0.1, 0.15) is 11.4 Å². The monoisotopic (exact) mass is 205 g/mol. The zero-order valence-corrected chi connectivity index (χ0v) is 8.86. The van der Waals surface area contributed by atoms with Crippen LogP contribution in [0, 0.1) is 19.3 Å². The Morgan fingerprint density at radius 2 is 2.33 bits per heavy atom. The third-order valence-corrected chi connectivity index (χ3v) is 1.94. The van der Waals surface area contributed by atoms with Gasteiger partial charge in [0.05, 0.1) is 13.2 Å². The molecule has 0 atom stereocenters. The molecule has 80 valence electrons. The van der Waals surface area contributed by atoms with Crippen LogP contribution >= 0.6 is 0 Å². The normalized spacial score (nSPS) is 9.67. The molecule has 1 aromatic heterocycles. The molecule has 0 saturated heterocycles. The Labute approximate surface area is 90.1 Å². The summed E-state index contributed by atoms with van der Waals surface area (Å²) in [5, 5.41) is 9.07. The Kier molecular flexibility index (Phi) is 4.65. The number of aliphatic hydroxyl groups is 1. The van der Waals surface area contributed by atoms with Crippen LogP contribution in [0.25, 0.3) is 0 Å². The van der Waals surface area contributed by atoms with Crippen molar-refractivity contribution in [2.24, 2.45) is 0 Å². The van der Waals surface area contributed by atoms with Crippen LogP contribution in [-0.4, -0.2) is 16.7 Å². The molecule has 0 saturated carbocycles. The first kappa shape index (κ1) is 11.5. The van der Waals surface area contributed by atoms with E-state index in [9.17, 15) is 0 Å². The average molecular weight is 205 g/mol. The molecule has 1 rings (SSSR count). The van der Waals surface area contributed by atoms with Crippen LogP contribution in [0.2, 0.25) is 0 Å². The van der Waals surface area contributed by atoms with Gasteiger partial charge in [-0.25, -0.2) is 0 Å². The van der Waals surface area contributed by atoms with Crippen molar-refractivity contribution in [3.63, 3.8) is 0 Å². The SMILES string of the molecule is C#CCCCOc1ccc(C)nc1CO. The highest BCUT2D eigenvalue weighted by molar-refractivity contribution is 5.28. The Morgan fingerprint density at radius 1 is 1.53 bits per heavy atom. The first-order chi connectivity index (χ1) is 7.27. The third-order valence-electron chi connectivity index (χ3n) is 1.94. The van der Waals surface area contributed by atoms with Crippen molar-refractivity contribution in [3.8, 4) is 18.1 Å². The van der Waals surface area contributed by atoms with E-state index in [1.807, 2.05) is 19.1 Å². The number of ether oxygens (including phenoxy) is 1. The van der Waals surface area contributed by atoms with Crippen molar-refractivity contribution in [2.75, 3.05) is 6.61 Å². The van der Waals surface area contributed by atoms with E-state index in [-0.39, 0.29) is 6.61 Å². The predicted octanol–water partition coefficient (Wildman–Crippen LogP) is 1.67. The Balaban J connectivity index is 2.57. The second-order valence-corrected chi connectivity index (χ2v) is 3.21. The molecule has 1 N–H and O–H groups in total. The average Bonchev–Trinajstić information content (AvgIpc) is 2.26. The van der Waals surface area contributed by atoms with Crippen LogP contribution in [0.1, 0.15) is 24.2 Å². The van der Waals surface area contributed by atoms with E-state index in [0.717, 1.165) is 12.1 Å². The summed E-state index contributed by atoms with van der Waals surface area (Å²) in [6.07, 6.45) is 6.64. The van der Waals surface area contributed by atoms with E-state index < -0.39 is 0 Å². The lowest BCUT2D eigenvalue weighted by Crippen LogP contribution is -2.02. The highest BCUT2D eigenvalue weighted by Crippen LogP contribution is 2.17. The van der Waals surface area contributed by atoms with Crippen molar-refractivity contribution >= 4 is 0 Å². The lowest BCUT2D eigenvalue weighted by atomic mass is 10.3. The van der Waals surface area contributed by atoms with E-state index in [2.05, 4.69) is 10.9 Å². The van der Waals surface area contributed by atoms with Crippen molar-refractivity contribution in [2.45, 2.75) is 26.4 Å². The number of hydrogen-bond donors (Lipinski definition) is 1. The van der Waals surface area contributed by atoms with Gasteiger partial charge in [0.25, 0.3) is 0 Å².